The predicted octanol–water partition coefficient (Wildman–Crippen LogP) is 1.37. The van der Waals surface area contributed by atoms with Crippen LogP contribution in [0.15, 0.2) is 0 Å². The Kier molecular flexibility index (Phi) is 3.32. The quantitative estimate of drug-likeness (QED) is 0.810. The second-order valence-corrected chi connectivity index (χ2v) is 6.97. The summed E-state index contributed by atoms with van der Waals surface area (Å²) in [6.07, 6.45) is 3.27. The second kappa shape index (κ2) is 4.88. The number of anilines is 2. The van der Waals surface area contributed by atoms with Gasteiger partial charge in [0.15, 0.2) is 0 Å². The van der Waals surface area contributed by atoms with Crippen LogP contribution in [0.25, 0.3) is 0 Å². The molecular weight excluding hydrogens is 250 g/mol. The average Bonchev–Trinajstić information content (AvgIpc) is 2.36. The SMILES string of the molecule is C[C@H]1CN(c2nc(N)nc3c2CCC(C)(C)C3)CCN1. The summed E-state index contributed by atoms with van der Waals surface area (Å²) in [6.45, 7) is 9.82. The zero-order valence-electron chi connectivity index (χ0n) is 12.7. The topological polar surface area (TPSA) is 67.1 Å². The third-order valence-electron chi connectivity index (χ3n) is 4.45. The van der Waals surface area contributed by atoms with Crippen molar-refractivity contribution in [2.75, 3.05) is 30.3 Å². The Morgan fingerprint density at radius 1 is 1.35 bits per heavy atom. The molecule has 0 radical (unpaired) electrons. The van der Waals surface area contributed by atoms with E-state index in [4.69, 9.17) is 5.73 Å². The summed E-state index contributed by atoms with van der Waals surface area (Å²) in [5.41, 5.74) is 8.76. The first kappa shape index (κ1) is 13.6. The lowest BCUT2D eigenvalue weighted by Gasteiger charge is -2.37. The maximum absolute atomic E-state index is 5.95. The zero-order chi connectivity index (χ0) is 14.3. The summed E-state index contributed by atoms with van der Waals surface area (Å²) in [4.78, 5) is 11.4. The van der Waals surface area contributed by atoms with E-state index in [-0.39, 0.29) is 0 Å². The van der Waals surface area contributed by atoms with Crippen molar-refractivity contribution in [3.63, 3.8) is 0 Å². The minimum atomic E-state index is 0.321. The van der Waals surface area contributed by atoms with Crippen molar-refractivity contribution in [2.24, 2.45) is 5.41 Å². The predicted molar refractivity (Wildman–Crippen MR) is 81.9 cm³/mol. The second-order valence-electron chi connectivity index (χ2n) is 6.97. The molecule has 1 atom stereocenters. The fourth-order valence-corrected chi connectivity index (χ4v) is 3.33. The molecule has 1 aromatic rings. The number of hydrogen-bond donors (Lipinski definition) is 2. The average molecular weight is 275 g/mol. The van der Waals surface area contributed by atoms with Crippen LogP contribution in [0.5, 0.6) is 0 Å². The summed E-state index contributed by atoms with van der Waals surface area (Å²) in [5, 5.41) is 3.47. The molecule has 1 aliphatic heterocycles. The molecule has 2 aliphatic rings. The molecule has 3 N–H and O–H groups in total. The lowest BCUT2D eigenvalue weighted by Crippen LogP contribution is -2.50. The summed E-state index contributed by atoms with van der Waals surface area (Å²) in [6, 6.07) is 0.496. The Morgan fingerprint density at radius 3 is 2.90 bits per heavy atom. The highest BCUT2D eigenvalue weighted by Crippen LogP contribution is 2.37. The molecule has 0 spiro atoms. The minimum Gasteiger partial charge on any atom is -0.368 e. The number of fused-ring (bicyclic) bond motifs is 1. The number of nitrogen functional groups attached to an aromatic ring is 1. The van der Waals surface area contributed by atoms with E-state index in [1.807, 2.05) is 0 Å². The van der Waals surface area contributed by atoms with Gasteiger partial charge in [-0.25, -0.2) is 4.98 Å². The van der Waals surface area contributed by atoms with E-state index < -0.39 is 0 Å². The van der Waals surface area contributed by atoms with E-state index in [2.05, 4.69) is 41.0 Å². The first-order valence-electron chi connectivity index (χ1n) is 7.58. The number of aromatic nitrogens is 2. The van der Waals surface area contributed by atoms with Gasteiger partial charge < -0.3 is 16.0 Å². The number of hydrogen-bond acceptors (Lipinski definition) is 5. The molecule has 2 heterocycles. The normalized spacial score (nSPS) is 25.4. The summed E-state index contributed by atoms with van der Waals surface area (Å²) >= 11 is 0. The fraction of sp³-hybridized carbons (Fsp3) is 0.733. The molecule has 1 fully saturated rings. The number of nitrogens with one attached hydrogen (secondary N) is 1. The van der Waals surface area contributed by atoms with Gasteiger partial charge in [-0.2, -0.15) is 4.98 Å². The largest absolute Gasteiger partial charge is 0.368 e. The molecule has 1 aliphatic carbocycles. The Hall–Kier alpha value is -1.36. The Morgan fingerprint density at radius 2 is 2.15 bits per heavy atom. The van der Waals surface area contributed by atoms with Gasteiger partial charge in [-0.05, 0) is 31.6 Å². The molecular formula is C15H25N5. The molecule has 5 nitrogen and oxygen atoms in total. The number of piperazine rings is 1. The highest BCUT2D eigenvalue weighted by atomic mass is 15.3. The van der Waals surface area contributed by atoms with Gasteiger partial charge in [0.1, 0.15) is 5.82 Å². The lowest BCUT2D eigenvalue weighted by atomic mass is 9.76. The number of nitrogens with two attached hydrogens (primary N) is 1. The van der Waals surface area contributed by atoms with Crippen LogP contribution >= 0.6 is 0 Å². The molecule has 0 saturated carbocycles. The van der Waals surface area contributed by atoms with Gasteiger partial charge in [-0.15, -0.1) is 0 Å². The van der Waals surface area contributed by atoms with Crippen molar-refractivity contribution in [3.8, 4) is 0 Å². The third-order valence-corrected chi connectivity index (χ3v) is 4.45. The van der Waals surface area contributed by atoms with Crippen molar-refractivity contribution in [3.05, 3.63) is 11.3 Å². The van der Waals surface area contributed by atoms with E-state index in [0.29, 0.717) is 17.4 Å². The van der Waals surface area contributed by atoms with Crippen LogP contribution in [0.2, 0.25) is 0 Å². The highest BCUT2D eigenvalue weighted by Gasteiger charge is 2.31. The smallest absolute Gasteiger partial charge is 0.222 e. The van der Waals surface area contributed by atoms with Crippen LogP contribution in [-0.4, -0.2) is 35.6 Å². The summed E-state index contributed by atoms with van der Waals surface area (Å²) in [5.74, 6) is 1.50. The third kappa shape index (κ3) is 2.59. The van der Waals surface area contributed by atoms with Gasteiger partial charge in [0.05, 0.1) is 5.69 Å². The van der Waals surface area contributed by atoms with Gasteiger partial charge in [0.2, 0.25) is 5.95 Å². The molecule has 0 bridgehead atoms. The van der Waals surface area contributed by atoms with Crippen molar-refractivity contribution >= 4 is 11.8 Å². The van der Waals surface area contributed by atoms with Crippen molar-refractivity contribution in [2.45, 2.75) is 46.1 Å². The summed E-state index contributed by atoms with van der Waals surface area (Å²) < 4.78 is 0. The van der Waals surface area contributed by atoms with Crippen LogP contribution in [0.4, 0.5) is 11.8 Å². The molecule has 0 amide bonds. The molecule has 1 aromatic heterocycles. The van der Waals surface area contributed by atoms with E-state index in [0.717, 1.165) is 44.0 Å². The molecule has 0 aromatic carbocycles. The van der Waals surface area contributed by atoms with Crippen LogP contribution < -0.4 is 16.0 Å². The number of nitrogens with zero attached hydrogens (tertiary/aromatic N) is 3. The van der Waals surface area contributed by atoms with Crippen molar-refractivity contribution in [1.82, 2.24) is 15.3 Å². The molecule has 110 valence electrons. The van der Waals surface area contributed by atoms with Gasteiger partial charge in [-0.1, -0.05) is 13.8 Å². The monoisotopic (exact) mass is 275 g/mol. The van der Waals surface area contributed by atoms with Gasteiger partial charge in [0, 0.05) is 31.2 Å². The van der Waals surface area contributed by atoms with Crippen molar-refractivity contribution < 1.29 is 0 Å². The fourth-order valence-electron chi connectivity index (χ4n) is 3.33. The minimum absolute atomic E-state index is 0.321. The molecule has 5 heteroatoms. The molecule has 0 unspecified atom stereocenters. The first-order chi connectivity index (χ1) is 9.44. The molecule has 3 rings (SSSR count). The standard InChI is InChI=1S/C15H25N5/c1-10-9-20(7-6-17-10)13-11-4-5-15(2,3)8-12(11)18-14(16)19-13/h10,17H,4-9H2,1-3H3,(H2,16,18,19)/t10-/m0/s1. The van der Waals surface area contributed by atoms with Crippen molar-refractivity contribution in [1.29, 1.82) is 0 Å². The van der Waals surface area contributed by atoms with E-state index >= 15 is 0 Å². The van der Waals surface area contributed by atoms with Gasteiger partial charge in [-0.3, -0.25) is 0 Å². The van der Waals surface area contributed by atoms with E-state index in [1.165, 1.54) is 12.0 Å². The first-order valence-corrected chi connectivity index (χ1v) is 7.58. The van der Waals surface area contributed by atoms with Crippen LogP contribution in [-0.2, 0) is 12.8 Å². The zero-order valence-corrected chi connectivity index (χ0v) is 12.7. The van der Waals surface area contributed by atoms with Crippen LogP contribution in [0.3, 0.4) is 0 Å². The van der Waals surface area contributed by atoms with E-state index in [1.54, 1.807) is 0 Å². The number of rotatable bonds is 1. The lowest BCUT2D eigenvalue weighted by molar-refractivity contribution is 0.310. The van der Waals surface area contributed by atoms with E-state index in [9.17, 15) is 0 Å². The molecule has 20 heavy (non-hydrogen) atoms. The van der Waals surface area contributed by atoms with Crippen LogP contribution in [0.1, 0.15) is 38.4 Å². The van der Waals surface area contributed by atoms with Gasteiger partial charge in [0.25, 0.3) is 0 Å². The van der Waals surface area contributed by atoms with Crippen LogP contribution in [0, 0.1) is 5.41 Å². The maximum atomic E-state index is 5.95. The summed E-state index contributed by atoms with van der Waals surface area (Å²) in [7, 11) is 0. The maximum Gasteiger partial charge on any atom is 0.222 e. The Bertz CT molecular complexity index is 511. The van der Waals surface area contributed by atoms with Gasteiger partial charge >= 0.3 is 0 Å². The Labute approximate surface area is 121 Å². The highest BCUT2D eigenvalue weighted by molar-refractivity contribution is 5.53. The Balaban J connectivity index is 1.97. The molecule has 1 saturated heterocycles.